The van der Waals surface area contributed by atoms with E-state index in [1.807, 2.05) is 60.7 Å². The Balaban J connectivity index is 0.000000208. The highest BCUT2D eigenvalue weighted by atomic mass is 127. The highest BCUT2D eigenvalue weighted by Gasteiger charge is 2.18. The molecular formula is C41H27Br2Cl2IN4O4. The molecule has 8 nitrogen and oxygen atoms in total. The van der Waals surface area contributed by atoms with Gasteiger partial charge >= 0.3 is 0 Å². The van der Waals surface area contributed by atoms with Crippen molar-refractivity contribution >= 4 is 77.7 Å². The molecule has 270 valence electrons. The molecule has 0 atom stereocenters. The maximum absolute atomic E-state index is 9.15. The van der Waals surface area contributed by atoms with Gasteiger partial charge in [0.05, 0.1) is 26.8 Å². The van der Waals surface area contributed by atoms with E-state index in [4.69, 9.17) is 52.7 Å². The van der Waals surface area contributed by atoms with Crippen LogP contribution in [0.4, 0.5) is 0 Å². The summed E-state index contributed by atoms with van der Waals surface area (Å²) in [6.45, 7) is 4.55. The van der Waals surface area contributed by atoms with Crippen molar-refractivity contribution in [2.75, 3.05) is 0 Å². The highest BCUT2D eigenvalue weighted by Crippen LogP contribution is 2.41. The molecule has 54 heavy (non-hydrogen) atoms. The van der Waals surface area contributed by atoms with Crippen molar-refractivity contribution in [3.8, 4) is 46.9 Å². The Bertz CT molecular complexity index is 2340. The van der Waals surface area contributed by atoms with Crippen molar-refractivity contribution in [2.24, 2.45) is 0 Å². The molecule has 0 radical (unpaired) electrons. The van der Waals surface area contributed by atoms with Gasteiger partial charge in [-0.25, -0.2) is 9.97 Å². The minimum Gasteiger partial charge on any atom is -0.472 e. The molecule has 2 heterocycles. The monoisotopic (exact) mass is 994 g/mol. The predicted molar refractivity (Wildman–Crippen MR) is 225 cm³/mol. The van der Waals surface area contributed by atoms with Crippen LogP contribution in [-0.2, 0) is 19.6 Å². The predicted octanol–water partition coefficient (Wildman–Crippen LogP) is 12.8. The summed E-state index contributed by atoms with van der Waals surface area (Å²) in [5.74, 6) is 2.85. The second-order valence-electron chi connectivity index (χ2n) is 11.1. The van der Waals surface area contributed by atoms with E-state index in [1.54, 1.807) is 54.9 Å². The third-order valence-electron chi connectivity index (χ3n) is 7.16. The first-order chi connectivity index (χ1) is 26.2. The van der Waals surface area contributed by atoms with Crippen molar-refractivity contribution < 1.29 is 18.9 Å². The van der Waals surface area contributed by atoms with Gasteiger partial charge in [-0.3, -0.25) is 0 Å². The van der Waals surface area contributed by atoms with Crippen LogP contribution in [0.3, 0.4) is 0 Å². The molecule has 0 amide bonds. The third-order valence-corrected chi connectivity index (χ3v) is 9.76. The molecule has 0 aliphatic rings. The number of halogens is 5. The summed E-state index contributed by atoms with van der Waals surface area (Å²) in [5, 5.41) is 19.1. The zero-order valence-electron chi connectivity index (χ0n) is 28.1. The summed E-state index contributed by atoms with van der Waals surface area (Å²) in [6, 6.07) is 33.5. The standard InChI is InChI=1S/C22H16BrClN2O2.C19H11BrClIN2O2/c1-2-6-17-13-26-22(27-14-15-7-4-3-5-8-15)20(23)21(17)28-19-10-16(12-25)9-18(24)11-19;20-17-18(26-15-7-13(9-23)6-14(21)8-15)16(22)10-24-19(17)25-11-12-4-2-1-3-5-12/h2-5,7-11,13H,1,6,14H2;1-8,10H,11H2. The molecule has 0 saturated carbocycles. The molecular weight excluding hydrogens is 970 g/mol. The number of rotatable bonds is 12. The summed E-state index contributed by atoms with van der Waals surface area (Å²) < 4.78 is 25.6. The van der Waals surface area contributed by atoms with Crippen LogP contribution in [0, 0.1) is 26.2 Å². The molecule has 13 heteroatoms. The minimum atomic E-state index is 0.377. The van der Waals surface area contributed by atoms with Gasteiger partial charge in [0.15, 0.2) is 11.5 Å². The lowest BCUT2D eigenvalue weighted by Crippen LogP contribution is -2.01. The van der Waals surface area contributed by atoms with Crippen molar-refractivity contribution in [3.63, 3.8) is 0 Å². The topological polar surface area (TPSA) is 110 Å². The van der Waals surface area contributed by atoms with Crippen LogP contribution in [0.5, 0.6) is 34.8 Å². The van der Waals surface area contributed by atoms with Crippen molar-refractivity contribution in [1.29, 1.82) is 10.5 Å². The molecule has 0 unspecified atom stereocenters. The number of aromatic nitrogens is 2. The molecule has 0 saturated heterocycles. The number of ether oxygens (including phenoxy) is 4. The van der Waals surface area contributed by atoms with Crippen LogP contribution >= 0.6 is 77.7 Å². The Morgan fingerprint density at radius 3 is 1.63 bits per heavy atom. The molecule has 4 aromatic carbocycles. The number of hydrogen-bond donors (Lipinski definition) is 0. The Hall–Kier alpha value is -4.63. The van der Waals surface area contributed by atoms with Crippen LogP contribution in [0.1, 0.15) is 27.8 Å². The second kappa shape index (κ2) is 20.2. The van der Waals surface area contributed by atoms with Gasteiger partial charge in [0, 0.05) is 28.0 Å². The average molecular weight is 997 g/mol. The zero-order valence-corrected chi connectivity index (χ0v) is 35.0. The van der Waals surface area contributed by atoms with Crippen LogP contribution in [0.25, 0.3) is 0 Å². The first kappa shape index (κ1) is 40.6. The molecule has 0 fully saturated rings. The summed E-state index contributed by atoms with van der Waals surface area (Å²) in [5.41, 5.74) is 3.73. The van der Waals surface area contributed by atoms with Crippen LogP contribution < -0.4 is 18.9 Å². The Labute approximate surface area is 353 Å². The molecule has 6 rings (SSSR count). The number of pyridine rings is 2. The maximum Gasteiger partial charge on any atom is 0.232 e. The van der Waals surface area contributed by atoms with E-state index in [-0.39, 0.29) is 0 Å². The molecule has 0 aliphatic carbocycles. The Morgan fingerprint density at radius 1 is 0.685 bits per heavy atom. The lowest BCUT2D eigenvalue weighted by atomic mass is 10.2. The summed E-state index contributed by atoms with van der Waals surface area (Å²) in [6.07, 6.45) is 5.68. The molecule has 0 bridgehead atoms. The van der Waals surface area contributed by atoms with Gasteiger partial charge in [0.1, 0.15) is 33.7 Å². The van der Waals surface area contributed by atoms with Gasteiger partial charge < -0.3 is 18.9 Å². The minimum absolute atomic E-state index is 0.377. The number of nitriles is 2. The SMILES string of the molecule is C=CCc1cnc(OCc2ccccc2)c(Br)c1Oc1cc(Cl)cc(C#N)c1.N#Cc1cc(Cl)cc(Oc2c(I)cnc(OCc3ccccc3)c2Br)c1. The Morgan fingerprint density at radius 2 is 1.15 bits per heavy atom. The number of allylic oxidation sites excluding steroid dienone is 1. The van der Waals surface area contributed by atoms with Gasteiger partial charge in [-0.05, 0) is 108 Å². The van der Waals surface area contributed by atoms with Gasteiger partial charge in [-0.1, -0.05) is 89.9 Å². The van der Waals surface area contributed by atoms with E-state index < -0.39 is 0 Å². The molecule has 2 aromatic heterocycles. The van der Waals surface area contributed by atoms with Crippen molar-refractivity contribution in [2.45, 2.75) is 19.6 Å². The third kappa shape index (κ3) is 11.4. The smallest absolute Gasteiger partial charge is 0.232 e. The first-order valence-electron chi connectivity index (χ1n) is 15.9. The molecule has 0 spiro atoms. The largest absolute Gasteiger partial charge is 0.472 e. The summed E-state index contributed by atoms with van der Waals surface area (Å²) >= 11 is 21.3. The summed E-state index contributed by atoms with van der Waals surface area (Å²) in [4.78, 5) is 8.70. The van der Waals surface area contributed by atoms with E-state index in [1.165, 1.54) is 0 Å². The van der Waals surface area contributed by atoms with Gasteiger partial charge in [0.25, 0.3) is 0 Å². The molecule has 6 aromatic rings. The highest BCUT2D eigenvalue weighted by molar-refractivity contribution is 14.1. The number of hydrogen-bond acceptors (Lipinski definition) is 8. The quantitative estimate of drug-likeness (QED) is 0.0881. The van der Waals surface area contributed by atoms with Crippen molar-refractivity contribution in [3.05, 3.63) is 172 Å². The summed E-state index contributed by atoms with van der Waals surface area (Å²) in [7, 11) is 0. The fourth-order valence-corrected chi connectivity index (χ4v) is 7.09. The van der Waals surface area contributed by atoms with Gasteiger partial charge in [-0.2, -0.15) is 10.5 Å². The lowest BCUT2D eigenvalue weighted by Gasteiger charge is -2.15. The van der Waals surface area contributed by atoms with Gasteiger partial charge in [-0.15, -0.1) is 6.58 Å². The van der Waals surface area contributed by atoms with Crippen LogP contribution in [0.2, 0.25) is 10.0 Å². The molecule has 0 aliphatic heterocycles. The van der Waals surface area contributed by atoms with Crippen molar-refractivity contribution in [1.82, 2.24) is 9.97 Å². The van der Waals surface area contributed by atoms with Gasteiger partial charge in [0.2, 0.25) is 11.8 Å². The fraction of sp³-hybridized carbons (Fsp3) is 0.0732. The lowest BCUT2D eigenvalue weighted by molar-refractivity contribution is 0.289. The number of benzene rings is 4. The van der Waals surface area contributed by atoms with Crippen LogP contribution in [0.15, 0.2) is 131 Å². The number of nitrogens with zero attached hydrogens (tertiary/aromatic N) is 4. The zero-order chi connectivity index (χ0) is 38.5. The van der Waals surface area contributed by atoms with E-state index >= 15 is 0 Å². The Kier molecular flexibility index (Phi) is 15.1. The van der Waals surface area contributed by atoms with E-state index in [0.29, 0.717) is 84.5 Å². The maximum atomic E-state index is 9.15. The molecule has 0 N–H and O–H groups in total. The normalized spacial score (nSPS) is 10.2. The van der Waals surface area contributed by atoms with E-state index in [0.717, 1.165) is 20.3 Å². The van der Waals surface area contributed by atoms with Crippen LogP contribution in [-0.4, -0.2) is 9.97 Å². The average Bonchev–Trinajstić information content (AvgIpc) is 3.18. The second-order valence-corrected chi connectivity index (χ2v) is 14.7. The van der Waals surface area contributed by atoms with E-state index in [2.05, 4.69) is 83.1 Å². The first-order valence-corrected chi connectivity index (χ1v) is 19.3. The fourth-order valence-electron chi connectivity index (χ4n) is 4.69. The van der Waals surface area contributed by atoms with E-state index in [9.17, 15) is 0 Å².